The first kappa shape index (κ1) is 14.3. The molecular formula is C14H16FNO4. The number of ether oxygens (including phenoxy) is 1. The monoisotopic (exact) mass is 281 g/mol. The molecule has 1 aromatic rings. The van der Waals surface area contributed by atoms with E-state index in [1.807, 2.05) is 0 Å². The van der Waals surface area contributed by atoms with Crippen LogP contribution in [0.3, 0.4) is 0 Å². The van der Waals surface area contributed by atoms with Crippen LogP contribution in [0.5, 0.6) is 5.75 Å². The van der Waals surface area contributed by atoms with E-state index in [-0.39, 0.29) is 11.3 Å². The Kier molecular flexibility index (Phi) is 4.22. The minimum atomic E-state index is -1.01. The number of amides is 1. The number of carbonyl (C=O) groups is 2. The first-order chi connectivity index (χ1) is 9.54. The van der Waals surface area contributed by atoms with Gasteiger partial charge in [-0.15, -0.1) is 0 Å². The van der Waals surface area contributed by atoms with Crippen LogP contribution < -0.4 is 4.74 Å². The van der Waals surface area contributed by atoms with Crippen molar-refractivity contribution in [2.75, 3.05) is 13.7 Å². The van der Waals surface area contributed by atoms with E-state index in [0.29, 0.717) is 13.0 Å². The third-order valence-electron chi connectivity index (χ3n) is 3.45. The molecular weight excluding hydrogens is 265 g/mol. The Morgan fingerprint density at radius 1 is 1.40 bits per heavy atom. The highest BCUT2D eigenvalue weighted by molar-refractivity contribution is 5.97. The number of hydrogen-bond acceptors (Lipinski definition) is 3. The lowest BCUT2D eigenvalue weighted by Crippen LogP contribution is -2.47. The predicted octanol–water partition coefficient (Wildman–Crippen LogP) is 1.91. The SMILES string of the molecule is COc1cc(C(=O)N2CCCC[C@@H]2C(=O)O)ccc1F. The number of carboxylic acid groups (broad SMARTS) is 1. The zero-order valence-electron chi connectivity index (χ0n) is 11.1. The normalized spacial score (nSPS) is 18.7. The number of halogens is 1. The molecule has 0 aromatic heterocycles. The number of methoxy groups -OCH3 is 1. The van der Waals surface area contributed by atoms with Crippen molar-refractivity contribution >= 4 is 11.9 Å². The molecule has 1 atom stereocenters. The van der Waals surface area contributed by atoms with E-state index in [1.54, 1.807) is 0 Å². The molecule has 1 N–H and O–H groups in total. The second kappa shape index (κ2) is 5.90. The Morgan fingerprint density at radius 2 is 2.15 bits per heavy atom. The number of carboxylic acids is 1. The van der Waals surface area contributed by atoms with Crippen molar-refractivity contribution in [3.63, 3.8) is 0 Å². The number of benzene rings is 1. The van der Waals surface area contributed by atoms with Crippen LogP contribution >= 0.6 is 0 Å². The maximum absolute atomic E-state index is 13.3. The average Bonchev–Trinajstić information content (AvgIpc) is 2.47. The van der Waals surface area contributed by atoms with E-state index in [2.05, 4.69) is 0 Å². The van der Waals surface area contributed by atoms with Crippen LogP contribution in [-0.2, 0) is 4.79 Å². The summed E-state index contributed by atoms with van der Waals surface area (Å²) in [5, 5.41) is 9.17. The molecule has 1 amide bonds. The minimum Gasteiger partial charge on any atom is -0.494 e. The van der Waals surface area contributed by atoms with Crippen molar-refractivity contribution in [1.29, 1.82) is 0 Å². The minimum absolute atomic E-state index is 0.0280. The topological polar surface area (TPSA) is 66.8 Å². The molecule has 2 rings (SSSR count). The van der Waals surface area contributed by atoms with Gasteiger partial charge in [0, 0.05) is 12.1 Å². The van der Waals surface area contributed by atoms with Gasteiger partial charge in [-0.3, -0.25) is 4.79 Å². The van der Waals surface area contributed by atoms with E-state index in [0.717, 1.165) is 18.9 Å². The largest absolute Gasteiger partial charge is 0.494 e. The van der Waals surface area contributed by atoms with Crippen molar-refractivity contribution in [3.8, 4) is 5.75 Å². The van der Waals surface area contributed by atoms with E-state index in [4.69, 9.17) is 4.74 Å². The Hall–Kier alpha value is -2.11. The maximum atomic E-state index is 13.3. The molecule has 1 aliphatic rings. The van der Waals surface area contributed by atoms with Gasteiger partial charge >= 0.3 is 5.97 Å². The van der Waals surface area contributed by atoms with Crippen LogP contribution in [0.25, 0.3) is 0 Å². The van der Waals surface area contributed by atoms with Gasteiger partial charge in [0.25, 0.3) is 5.91 Å². The second-order valence-electron chi connectivity index (χ2n) is 4.70. The summed E-state index contributed by atoms with van der Waals surface area (Å²) in [5.74, 6) is -2.00. The maximum Gasteiger partial charge on any atom is 0.326 e. The Bertz CT molecular complexity index is 532. The third kappa shape index (κ3) is 2.74. The van der Waals surface area contributed by atoms with E-state index < -0.39 is 23.7 Å². The zero-order valence-corrected chi connectivity index (χ0v) is 11.1. The number of aliphatic carboxylic acids is 1. The summed E-state index contributed by atoms with van der Waals surface area (Å²) < 4.78 is 18.2. The van der Waals surface area contributed by atoms with Gasteiger partial charge in [0.1, 0.15) is 6.04 Å². The third-order valence-corrected chi connectivity index (χ3v) is 3.45. The van der Waals surface area contributed by atoms with Crippen LogP contribution in [0.4, 0.5) is 4.39 Å². The number of hydrogen-bond donors (Lipinski definition) is 1. The first-order valence-electron chi connectivity index (χ1n) is 6.42. The highest BCUT2D eigenvalue weighted by Crippen LogP contribution is 2.23. The van der Waals surface area contributed by atoms with Crippen LogP contribution in [0, 0.1) is 5.82 Å². The Morgan fingerprint density at radius 3 is 2.80 bits per heavy atom. The number of nitrogens with zero attached hydrogens (tertiary/aromatic N) is 1. The Labute approximate surface area is 116 Å². The molecule has 0 spiro atoms. The molecule has 0 saturated carbocycles. The van der Waals surface area contributed by atoms with Crippen molar-refractivity contribution < 1.29 is 23.8 Å². The van der Waals surface area contributed by atoms with Crippen LogP contribution in [0.1, 0.15) is 29.6 Å². The molecule has 1 fully saturated rings. The summed E-state index contributed by atoms with van der Waals surface area (Å²) in [4.78, 5) is 24.9. The van der Waals surface area contributed by atoms with Crippen molar-refractivity contribution in [1.82, 2.24) is 4.90 Å². The number of piperidine rings is 1. The molecule has 5 nitrogen and oxygen atoms in total. The first-order valence-corrected chi connectivity index (χ1v) is 6.42. The van der Waals surface area contributed by atoms with E-state index in [9.17, 15) is 19.1 Å². The average molecular weight is 281 g/mol. The highest BCUT2D eigenvalue weighted by atomic mass is 19.1. The zero-order chi connectivity index (χ0) is 14.7. The fourth-order valence-corrected chi connectivity index (χ4v) is 2.39. The molecule has 0 bridgehead atoms. The smallest absolute Gasteiger partial charge is 0.326 e. The van der Waals surface area contributed by atoms with Gasteiger partial charge in [0.15, 0.2) is 11.6 Å². The lowest BCUT2D eigenvalue weighted by molar-refractivity contribution is -0.143. The summed E-state index contributed by atoms with van der Waals surface area (Å²) in [7, 11) is 1.31. The van der Waals surface area contributed by atoms with E-state index in [1.165, 1.54) is 24.1 Å². The van der Waals surface area contributed by atoms with Crippen LogP contribution in [-0.4, -0.2) is 41.6 Å². The molecule has 0 unspecified atom stereocenters. The van der Waals surface area contributed by atoms with Gasteiger partial charge in [0.05, 0.1) is 7.11 Å². The van der Waals surface area contributed by atoms with Gasteiger partial charge in [-0.1, -0.05) is 0 Å². The lowest BCUT2D eigenvalue weighted by Gasteiger charge is -2.33. The standard InChI is InChI=1S/C14H16FNO4/c1-20-12-8-9(5-6-10(12)15)13(17)16-7-3-2-4-11(16)14(18)19/h5-6,8,11H,2-4,7H2,1H3,(H,18,19)/t11-/m1/s1. The second-order valence-corrected chi connectivity index (χ2v) is 4.70. The molecule has 0 radical (unpaired) electrons. The molecule has 1 aliphatic heterocycles. The van der Waals surface area contributed by atoms with Gasteiger partial charge < -0.3 is 14.7 Å². The molecule has 0 aliphatic carbocycles. The Balaban J connectivity index is 2.27. The molecule has 1 heterocycles. The lowest BCUT2D eigenvalue weighted by atomic mass is 10.0. The molecule has 6 heteroatoms. The fourth-order valence-electron chi connectivity index (χ4n) is 2.39. The van der Waals surface area contributed by atoms with Gasteiger partial charge in [-0.2, -0.15) is 0 Å². The summed E-state index contributed by atoms with van der Waals surface area (Å²) in [5.41, 5.74) is 0.233. The quantitative estimate of drug-likeness (QED) is 0.919. The summed E-state index contributed by atoms with van der Waals surface area (Å²) in [6.07, 6.45) is 2.00. The summed E-state index contributed by atoms with van der Waals surface area (Å²) in [6, 6.07) is 2.97. The molecule has 108 valence electrons. The van der Waals surface area contributed by atoms with Crippen LogP contribution in [0.2, 0.25) is 0 Å². The molecule has 1 saturated heterocycles. The number of likely N-dealkylation sites (tertiary alicyclic amines) is 1. The summed E-state index contributed by atoms with van der Waals surface area (Å²) >= 11 is 0. The number of carbonyl (C=O) groups excluding carboxylic acids is 1. The highest BCUT2D eigenvalue weighted by Gasteiger charge is 2.32. The van der Waals surface area contributed by atoms with Gasteiger partial charge in [-0.05, 0) is 37.5 Å². The van der Waals surface area contributed by atoms with Gasteiger partial charge in [-0.25, -0.2) is 9.18 Å². The van der Waals surface area contributed by atoms with Crippen LogP contribution in [0.15, 0.2) is 18.2 Å². The van der Waals surface area contributed by atoms with Crippen molar-refractivity contribution in [2.24, 2.45) is 0 Å². The fraction of sp³-hybridized carbons (Fsp3) is 0.429. The van der Waals surface area contributed by atoms with Crippen molar-refractivity contribution in [3.05, 3.63) is 29.6 Å². The molecule has 20 heavy (non-hydrogen) atoms. The van der Waals surface area contributed by atoms with Crippen molar-refractivity contribution in [2.45, 2.75) is 25.3 Å². The number of rotatable bonds is 3. The summed E-state index contributed by atoms with van der Waals surface area (Å²) in [6.45, 7) is 0.398. The predicted molar refractivity (Wildman–Crippen MR) is 69.3 cm³/mol. The van der Waals surface area contributed by atoms with E-state index >= 15 is 0 Å². The van der Waals surface area contributed by atoms with Gasteiger partial charge in [0.2, 0.25) is 0 Å². The molecule has 1 aromatic carbocycles.